The second-order valence-electron chi connectivity index (χ2n) is 6.91. The lowest BCUT2D eigenvalue weighted by Crippen LogP contribution is -2.13. The average molecular weight is 421 g/mol. The Bertz CT molecular complexity index is 1180. The number of halogens is 1. The molecule has 0 bridgehead atoms. The highest BCUT2D eigenvalue weighted by Gasteiger charge is 2.15. The number of hydrogen-bond acceptors (Lipinski definition) is 5. The Labute approximate surface area is 177 Å². The molecule has 7 heteroatoms. The first kappa shape index (κ1) is 20.0. The summed E-state index contributed by atoms with van der Waals surface area (Å²) in [4.78, 5) is 17.2. The smallest absolute Gasteiger partial charge is 0.224 e. The summed E-state index contributed by atoms with van der Waals surface area (Å²) in [5.74, 6) is 0.329. The number of carbonyl (C=O) groups is 1. The average Bonchev–Trinajstić information content (AvgIpc) is 3.34. The summed E-state index contributed by atoms with van der Waals surface area (Å²) < 4.78 is 19.2. The van der Waals surface area contributed by atoms with Crippen molar-refractivity contribution in [3.05, 3.63) is 76.7 Å². The molecule has 2 heterocycles. The highest BCUT2D eigenvalue weighted by Crippen LogP contribution is 2.33. The molecule has 4 rings (SSSR count). The predicted octanol–water partition coefficient (Wildman–Crippen LogP) is 5.79. The normalized spacial score (nSPS) is 10.9. The van der Waals surface area contributed by atoms with Crippen molar-refractivity contribution in [2.45, 2.75) is 26.7 Å². The summed E-state index contributed by atoms with van der Waals surface area (Å²) in [5, 5.41) is 9.37. The maximum atomic E-state index is 14.1. The van der Waals surface area contributed by atoms with Crippen LogP contribution >= 0.6 is 11.3 Å². The van der Waals surface area contributed by atoms with Crippen LogP contribution in [0.25, 0.3) is 21.8 Å². The van der Waals surface area contributed by atoms with E-state index in [0.717, 1.165) is 22.6 Å². The number of thiazole rings is 1. The minimum atomic E-state index is -0.306. The van der Waals surface area contributed by atoms with E-state index in [9.17, 15) is 9.18 Å². The van der Waals surface area contributed by atoms with Gasteiger partial charge in [0.2, 0.25) is 5.91 Å². The predicted molar refractivity (Wildman–Crippen MR) is 116 cm³/mol. The molecule has 0 saturated heterocycles. The van der Waals surface area contributed by atoms with E-state index in [2.05, 4.69) is 15.5 Å². The van der Waals surface area contributed by atoms with Gasteiger partial charge in [-0.3, -0.25) is 4.79 Å². The zero-order valence-electron chi connectivity index (χ0n) is 16.6. The summed E-state index contributed by atoms with van der Waals surface area (Å²) >= 11 is 1.37. The Morgan fingerprint density at radius 3 is 2.57 bits per heavy atom. The van der Waals surface area contributed by atoms with E-state index in [-0.39, 0.29) is 11.7 Å². The Balaban J connectivity index is 1.52. The molecule has 0 aliphatic heterocycles. The number of nitrogens with zero attached hydrogens (tertiary/aromatic N) is 2. The Kier molecular flexibility index (Phi) is 5.72. The zero-order chi connectivity index (χ0) is 21.1. The van der Waals surface area contributed by atoms with Gasteiger partial charge in [0.05, 0.1) is 17.1 Å². The molecule has 152 valence electrons. The molecule has 0 atom stereocenters. The van der Waals surface area contributed by atoms with E-state index in [0.29, 0.717) is 34.8 Å². The first-order chi connectivity index (χ1) is 14.5. The number of anilines is 1. The highest BCUT2D eigenvalue weighted by atomic mass is 32.1. The van der Waals surface area contributed by atoms with Crippen molar-refractivity contribution < 1.29 is 13.7 Å². The molecule has 0 unspecified atom stereocenters. The van der Waals surface area contributed by atoms with Gasteiger partial charge in [0.1, 0.15) is 16.6 Å². The first-order valence-corrected chi connectivity index (χ1v) is 10.4. The number of aryl methyl sites for hydroxylation is 2. The third-order valence-electron chi connectivity index (χ3n) is 4.87. The van der Waals surface area contributed by atoms with Crippen LogP contribution in [0.2, 0.25) is 0 Å². The van der Waals surface area contributed by atoms with Gasteiger partial charge in [0, 0.05) is 28.5 Å². The van der Waals surface area contributed by atoms with Crippen molar-refractivity contribution >= 4 is 22.9 Å². The molecule has 0 spiro atoms. The standard InChI is InChI=1S/C23H20FN3O2S/c1-14-16(15(2)29-27-14)11-12-22(28)25-20-10-6-4-8-18(20)21-13-30-23(26-21)17-7-3-5-9-19(17)24/h3-10,13H,11-12H2,1-2H3,(H,25,28). The van der Waals surface area contributed by atoms with Crippen LogP contribution in [0.4, 0.5) is 10.1 Å². The molecule has 0 fully saturated rings. The van der Waals surface area contributed by atoms with Gasteiger partial charge in [-0.15, -0.1) is 11.3 Å². The fourth-order valence-electron chi connectivity index (χ4n) is 3.28. The fourth-order valence-corrected chi connectivity index (χ4v) is 4.13. The number of hydrogen-bond donors (Lipinski definition) is 1. The second kappa shape index (κ2) is 8.59. The van der Waals surface area contributed by atoms with E-state index < -0.39 is 0 Å². The largest absolute Gasteiger partial charge is 0.361 e. The number of aromatic nitrogens is 2. The van der Waals surface area contributed by atoms with Gasteiger partial charge in [-0.25, -0.2) is 9.37 Å². The third kappa shape index (κ3) is 4.16. The lowest BCUT2D eigenvalue weighted by Gasteiger charge is -2.09. The molecule has 0 saturated carbocycles. The van der Waals surface area contributed by atoms with Crippen LogP contribution in [0.5, 0.6) is 0 Å². The number of nitrogens with one attached hydrogen (secondary N) is 1. The minimum Gasteiger partial charge on any atom is -0.361 e. The van der Waals surface area contributed by atoms with Crippen LogP contribution in [0.1, 0.15) is 23.4 Å². The number of rotatable bonds is 6. The van der Waals surface area contributed by atoms with Crippen molar-refractivity contribution in [1.29, 1.82) is 0 Å². The Hall–Kier alpha value is -3.32. The fraction of sp³-hybridized carbons (Fsp3) is 0.174. The van der Waals surface area contributed by atoms with Crippen molar-refractivity contribution in [2.24, 2.45) is 0 Å². The van der Waals surface area contributed by atoms with Crippen LogP contribution in [0.3, 0.4) is 0 Å². The van der Waals surface area contributed by atoms with Crippen molar-refractivity contribution in [3.8, 4) is 21.8 Å². The molecule has 0 aliphatic rings. The maximum Gasteiger partial charge on any atom is 0.224 e. The van der Waals surface area contributed by atoms with E-state index >= 15 is 0 Å². The highest BCUT2D eigenvalue weighted by molar-refractivity contribution is 7.13. The van der Waals surface area contributed by atoms with Gasteiger partial charge in [-0.2, -0.15) is 0 Å². The number of benzene rings is 2. The van der Waals surface area contributed by atoms with Crippen LogP contribution < -0.4 is 5.32 Å². The number of para-hydroxylation sites is 1. The van der Waals surface area contributed by atoms with Gasteiger partial charge in [0.15, 0.2) is 0 Å². The lowest BCUT2D eigenvalue weighted by atomic mass is 10.1. The lowest BCUT2D eigenvalue weighted by molar-refractivity contribution is -0.116. The molecular formula is C23H20FN3O2S. The summed E-state index contributed by atoms with van der Waals surface area (Å²) in [6.07, 6.45) is 0.873. The Morgan fingerprint density at radius 1 is 1.10 bits per heavy atom. The molecule has 1 N–H and O–H groups in total. The van der Waals surface area contributed by atoms with E-state index in [4.69, 9.17) is 4.52 Å². The number of amides is 1. The van der Waals surface area contributed by atoms with Gasteiger partial charge in [-0.05, 0) is 38.5 Å². The topological polar surface area (TPSA) is 68.0 Å². The summed E-state index contributed by atoms with van der Waals surface area (Å²) in [7, 11) is 0. The van der Waals surface area contributed by atoms with Gasteiger partial charge >= 0.3 is 0 Å². The molecule has 2 aromatic heterocycles. The number of carbonyl (C=O) groups excluding carboxylic acids is 1. The van der Waals surface area contributed by atoms with Crippen LogP contribution in [-0.2, 0) is 11.2 Å². The molecule has 0 aliphatic carbocycles. The quantitative estimate of drug-likeness (QED) is 0.428. The monoisotopic (exact) mass is 421 g/mol. The Morgan fingerprint density at radius 2 is 1.83 bits per heavy atom. The molecular weight excluding hydrogens is 401 g/mol. The molecule has 30 heavy (non-hydrogen) atoms. The van der Waals surface area contributed by atoms with E-state index in [1.165, 1.54) is 17.4 Å². The zero-order valence-corrected chi connectivity index (χ0v) is 17.4. The van der Waals surface area contributed by atoms with E-state index in [1.807, 2.05) is 43.5 Å². The second-order valence-corrected chi connectivity index (χ2v) is 7.77. The minimum absolute atomic E-state index is 0.105. The van der Waals surface area contributed by atoms with Crippen molar-refractivity contribution in [3.63, 3.8) is 0 Å². The van der Waals surface area contributed by atoms with E-state index in [1.54, 1.807) is 18.2 Å². The van der Waals surface area contributed by atoms with Crippen LogP contribution in [0.15, 0.2) is 58.4 Å². The van der Waals surface area contributed by atoms with Crippen LogP contribution in [0, 0.1) is 19.7 Å². The molecule has 0 radical (unpaired) electrons. The van der Waals surface area contributed by atoms with Gasteiger partial charge in [0.25, 0.3) is 0 Å². The van der Waals surface area contributed by atoms with Crippen LogP contribution in [-0.4, -0.2) is 16.0 Å². The van der Waals surface area contributed by atoms with Gasteiger partial charge in [-0.1, -0.05) is 35.5 Å². The van der Waals surface area contributed by atoms with Gasteiger partial charge < -0.3 is 9.84 Å². The maximum absolute atomic E-state index is 14.1. The molecule has 4 aromatic rings. The summed E-state index contributed by atoms with van der Waals surface area (Å²) in [6, 6.07) is 14.0. The molecule has 5 nitrogen and oxygen atoms in total. The first-order valence-electron chi connectivity index (χ1n) is 9.54. The SMILES string of the molecule is Cc1noc(C)c1CCC(=O)Nc1ccccc1-c1csc(-c2ccccc2F)n1. The third-order valence-corrected chi connectivity index (χ3v) is 5.74. The molecule has 1 amide bonds. The van der Waals surface area contributed by atoms with Crippen molar-refractivity contribution in [1.82, 2.24) is 10.1 Å². The van der Waals surface area contributed by atoms with Crippen molar-refractivity contribution in [2.75, 3.05) is 5.32 Å². The summed E-state index contributed by atoms with van der Waals surface area (Å²) in [5.41, 5.74) is 4.40. The molecule has 2 aromatic carbocycles. The summed E-state index contributed by atoms with van der Waals surface area (Å²) in [6.45, 7) is 3.71.